The molecule has 0 radical (unpaired) electrons. The zero-order chi connectivity index (χ0) is 17.5. The molecule has 3 heteroatoms. The first-order chi connectivity index (χ1) is 11.8. The minimum Gasteiger partial charge on any atom is -0.408 e. The molecule has 0 N–H and O–H groups in total. The molecule has 2 nitrogen and oxygen atoms in total. The lowest BCUT2D eigenvalue weighted by Gasteiger charge is -2.35. The molecular weight excluding hydrogens is 295 g/mol. The van der Waals surface area contributed by atoms with E-state index in [0.717, 1.165) is 13.2 Å². The second-order valence-electron chi connectivity index (χ2n) is 7.87. The van der Waals surface area contributed by atoms with Crippen LogP contribution in [0.2, 0.25) is 5.31 Å². The maximum absolute atomic E-state index is 6.07. The molecule has 0 bridgehead atoms. The maximum Gasteiger partial charge on any atom is 0.463 e. The Morgan fingerprint density at radius 1 is 0.583 bits per heavy atom. The van der Waals surface area contributed by atoms with Gasteiger partial charge in [0.05, 0.1) is 13.2 Å². The van der Waals surface area contributed by atoms with Gasteiger partial charge in [0.15, 0.2) is 0 Å². The Hall–Kier alpha value is -0.0151. The van der Waals surface area contributed by atoms with Crippen molar-refractivity contribution in [3.05, 3.63) is 0 Å². The van der Waals surface area contributed by atoms with Crippen molar-refractivity contribution >= 4 is 7.12 Å². The quantitative estimate of drug-likeness (QED) is 0.219. The fraction of sp³-hybridized carbons (Fsp3) is 1.00. The van der Waals surface area contributed by atoms with E-state index >= 15 is 0 Å². The second-order valence-corrected chi connectivity index (χ2v) is 7.87. The molecule has 0 aliphatic carbocycles. The molecule has 0 aromatic rings. The van der Waals surface area contributed by atoms with E-state index in [1.807, 2.05) is 0 Å². The van der Waals surface area contributed by atoms with Gasteiger partial charge in [-0.3, -0.25) is 0 Å². The van der Waals surface area contributed by atoms with Crippen LogP contribution in [0.1, 0.15) is 117 Å². The van der Waals surface area contributed by atoms with E-state index < -0.39 is 0 Å². The Labute approximate surface area is 152 Å². The average Bonchev–Trinajstić information content (AvgIpc) is 3.14. The highest BCUT2D eigenvalue weighted by atomic mass is 16.6. The summed E-state index contributed by atoms with van der Waals surface area (Å²) in [6.07, 6.45) is 20.1. The van der Waals surface area contributed by atoms with Crippen molar-refractivity contribution in [1.82, 2.24) is 0 Å². The molecule has 142 valence electrons. The molecule has 0 unspecified atom stereocenters. The molecule has 0 atom stereocenters. The smallest absolute Gasteiger partial charge is 0.408 e. The van der Waals surface area contributed by atoms with Crippen molar-refractivity contribution < 1.29 is 9.31 Å². The summed E-state index contributed by atoms with van der Waals surface area (Å²) >= 11 is 0. The van der Waals surface area contributed by atoms with E-state index in [1.54, 1.807) is 0 Å². The summed E-state index contributed by atoms with van der Waals surface area (Å²) in [7, 11) is 0.0716. The standard InChI is InChI=1S/C21H43BO2/c1-4-7-10-13-16-21(17-14-11-8-5-2,18-15-12-9-6-3)22-23-19-20-24-22/h4-20H2,1-3H3. The van der Waals surface area contributed by atoms with Crippen LogP contribution in [0.15, 0.2) is 0 Å². The van der Waals surface area contributed by atoms with Gasteiger partial charge in [-0.1, -0.05) is 97.8 Å². The summed E-state index contributed by atoms with van der Waals surface area (Å²) in [5.41, 5.74) is 0. The van der Waals surface area contributed by atoms with Crippen LogP contribution < -0.4 is 0 Å². The van der Waals surface area contributed by atoms with Crippen LogP contribution in [0.25, 0.3) is 0 Å². The summed E-state index contributed by atoms with van der Waals surface area (Å²) in [5, 5.41) is 0.283. The Bertz CT molecular complexity index is 246. The van der Waals surface area contributed by atoms with Gasteiger partial charge in [0.1, 0.15) is 0 Å². The first-order valence-electron chi connectivity index (χ1n) is 11.0. The van der Waals surface area contributed by atoms with Gasteiger partial charge < -0.3 is 9.31 Å². The van der Waals surface area contributed by atoms with Gasteiger partial charge in [-0.05, 0) is 19.3 Å². The molecule has 0 aromatic carbocycles. The number of hydrogen-bond donors (Lipinski definition) is 0. The number of rotatable bonds is 16. The lowest BCUT2D eigenvalue weighted by Crippen LogP contribution is -2.35. The summed E-state index contributed by atoms with van der Waals surface area (Å²) in [5.74, 6) is 0. The minimum absolute atomic E-state index is 0.0716. The molecule has 1 fully saturated rings. The molecular formula is C21H43BO2. The van der Waals surface area contributed by atoms with E-state index in [0.29, 0.717) is 0 Å². The van der Waals surface area contributed by atoms with Crippen LogP contribution in [0.5, 0.6) is 0 Å². The monoisotopic (exact) mass is 338 g/mol. The van der Waals surface area contributed by atoms with E-state index in [-0.39, 0.29) is 12.4 Å². The Morgan fingerprint density at radius 2 is 0.958 bits per heavy atom. The highest BCUT2D eigenvalue weighted by Gasteiger charge is 2.46. The minimum atomic E-state index is 0.0716. The van der Waals surface area contributed by atoms with Crippen LogP contribution in [-0.4, -0.2) is 20.3 Å². The molecule has 1 aliphatic heterocycles. The van der Waals surface area contributed by atoms with Crippen LogP contribution >= 0.6 is 0 Å². The van der Waals surface area contributed by atoms with Gasteiger partial charge in [0.25, 0.3) is 0 Å². The zero-order valence-corrected chi connectivity index (χ0v) is 16.9. The van der Waals surface area contributed by atoms with Crippen LogP contribution in [0, 0.1) is 0 Å². The molecule has 1 saturated heterocycles. The molecule has 1 aliphatic rings. The van der Waals surface area contributed by atoms with Crippen molar-refractivity contribution in [3.63, 3.8) is 0 Å². The molecule has 1 rings (SSSR count). The third-order valence-corrected chi connectivity index (χ3v) is 5.71. The lowest BCUT2D eigenvalue weighted by atomic mass is 9.51. The molecule has 0 amide bonds. The summed E-state index contributed by atoms with van der Waals surface area (Å²) in [6.45, 7) is 8.49. The summed E-state index contributed by atoms with van der Waals surface area (Å²) in [6, 6.07) is 0. The van der Waals surface area contributed by atoms with Gasteiger partial charge in [-0.2, -0.15) is 0 Å². The van der Waals surface area contributed by atoms with Gasteiger partial charge in [-0.15, -0.1) is 0 Å². The molecule has 0 saturated carbocycles. The average molecular weight is 338 g/mol. The maximum atomic E-state index is 6.07. The normalized spacial score (nSPS) is 15.4. The molecule has 1 heterocycles. The van der Waals surface area contributed by atoms with E-state index in [4.69, 9.17) is 9.31 Å². The van der Waals surface area contributed by atoms with Crippen LogP contribution in [-0.2, 0) is 9.31 Å². The van der Waals surface area contributed by atoms with Gasteiger partial charge in [-0.25, -0.2) is 0 Å². The van der Waals surface area contributed by atoms with Crippen molar-refractivity contribution in [3.8, 4) is 0 Å². The van der Waals surface area contributed by atoms with Crippen molar-refractivity contribution in [2.24, 2.45) is 0 Å². The van der Waals surface area contributed by atoms with Gasteiger partial charge >= 0.3 is 7.12 Å². The lowest BCUT2D eigenvalue weighted by molar-refractivity contribution is 0.267. The van der Waals surface area contributed by atoms with Crippen molar-refractivity contribution in [2.45, 2.75) is 122 Å². The van der Waals surface area contributed by atoms with Gasteiger partial charge in [0.2, 0.25) is 0 Å². The van der Waals surface area contributed by atoms with Crippen molar-refractivity contribution in [1.29, 1.82) is 0 Å². The largest absolute Gasteiger partial charge is 0.463 e. The first-order valence-corrected chi connectivity index (χ1v) is 11.0. The topological polar surface area (TPSA) is 18.5 Å². The summed E-state index contributed by atoms with van der Waals surface area (Å²) < 4.78 is 12.1. The predicted octanol–water partition coefficient (Wildman–Crippen LogP) is 7.17. The predicted molar refractivity (Wildman–Crippen MR) is 107 cm³/mol. The Morgan fingerprint density at radius 3 is 1.29 bits per heavy atom. The number of hydrogen-bond acceptors (Lipinski definition) is 2. The van der Waals surface area contributed by atoms with Crippen LogP contribution in [0.4, 0.5) is 0 Å². The number of unbranched alkanes of at least 4 members (excludes halogenated alkanes) is 9. The SMILES string of the molecule is CCCCCCC(CCCCCC)(CCCCCC)B1OCCO1. The van der Waals surface area contributed by atoms with E-state index in [2.05, 4.69) is 20.8 Å². The Balaban J connectivity index is 2.63. The van der Waals surface area contributed by atoms with Crippen molar-refractivity contribution in [2.75, 3.05) is 13.2 Å². The third-order valence-electron chi connectivity index (χ3n) is 5.71. The van der Waals surface area contributed by atoms with E-state index in [1.165, 1.54) is 96.3 Å². The fourth-order valence-electron chi connectivity index (χ4n) is 4.15. The third kappa shape index (κ3) is 8.38. The van der Waals surface area contributed by atoms with Gasteiger partial charge in [0, 0.05) is 5.31 Å². The van der Waals surface area contributed by atoms with Crippen LogP contribution in [0.3, 0.4) is 0 Å². The molecule has 24 heavy (non-hydrogen) atoms. The summed E-state index contributed by atoms with van der Waals surface area (Å²) in [4.78, 5) is 0. The highest BCUT2D eigenvalue weighted by molar-refractivity contribution is 6.49. The molecule has 0 spiro atoms. The second kappa shape index (κ2) is 14.2. The fourth-order valence-corrected chi connectivity index (χ4v) is 4.15. The highest BCUT2D eigenvalue weighted by Crippen LogP contribution is 2.48. The molecule has 0 aromatic heterocycles. The zero-order valence-electron chi connectivity index (χ0n) is 16.9. The first kappa shape index (κ1) is 22.0. The Kier molecular flexibility index (Phi) is 13.0. The van der Waals surface area contributed by atoms with E-state index in [9.17, 15) is 0 Å².